The van der Waals surface area contributed by atoms with Crippen LogP contribution in [0.3, 0.4) is 0 Å². The van der Waals surface area contributed by atoms with E-state index in [9.17, 15) is 10.1 Å². The molecule has 1 aromatic heterocycles. The highest BCUT2D eigenvalue weighted by Crippen LogP contribution is 2.11. The highest BCUT2D eigenvalue weighted by molar-refractivity contribution is 5.22. The Morgan fingerprint density at radius 1 is 1.64 bits per heavy atom. The van der Waals surface area contributed by atoms with Crippen molar-refractivity contribution in [3.63, 3.8) is 0 Å². The van der Waals surface area contributed by atoms with Gasteiger partial charge in [0, 0.05) is 6.42 Å². The van der Waals surface area contributed by atoms with E-state index in [2.05, 4.69) is 15.4 Å². The molecule has 0 atom stereocenters. The second-order valence-electron chi connectivity index (χ2n) is 2.10. The summed E-state index contributed by atoms with van der Waals surface area (Å²) < 4.78 is 0. The van der Waals surface area contributed by atoms with Gasteiger partial charge in [0.15, 0.2) is 5.69 Å². The zero-order valence-electron chi connectivity index (χ0n) is 6.07. The molecule has 0 spiro atoms. The molecule has 0 aliphatic heterocycles. The van der Waals surface area contributed by atoms with Crippen LogP contribution in [0.5, 0.6) is 0 Å². The summed E-state index contributed by atoms with van der Waals surface area (Å²) >= 11 is 0. The normalized spacial score (nSPS) is 9.91. The van der Waals surface area contributed by atoms with Crippen LogP contribution in [0, 0.1) is 10.1 Å². The quantitative estimate of drug-likeness (QED) is 0.514. The molecule has 0 amide bonds. The van der Waals surface area contributed by atoms with E-state index in [1.165, 1.54) is 0 Å². The standard InChI is InChI=1S/C5H8N4O2/c1-2-3-4-5(9(10)11)7-8-6-4/h2-3H2,1H3,(H,6,7,8). The molecule has 1 rings (SSSR count). The lowest BCUT2D eigenvalue weighted by atomic mass is 10.2. The number of aromatic amines is 1. The lowest BCUT2D eigenvalue weighted by Gasteiger charge is -1.89. The van der Waals surface area contributed by atoms with Crippen molar-refractivity contribution in [2.45, 2.75) is 19.8 Å². The van der Waals surface area contributed by atoms with E-state index in [1.54, 1.807) is 0 Å². The first-order valence-electron chi connectivity index (χ1n) is 3.29. The molecule has 0 aromatic carbocycles. The van der Waals surface area contributed by atoms with Crippen LogP contribution in [-0.2, 0) is 6.42 Å². The van der Waals surface area contributed by atoms with Crippen molar-refractivity contribution in [1.29, 1.82) is 0 Å². The van der Waals surface area contributed by atoms with Gasteiger partial charge in [0.25, 0.3) is 0 Å². The van der Waals surface area contributed by atoms with Gasteiger partial charge in [-0.05, 0) is 4.92 Å². The van der Waals surface area contributed by atoms with Crippen molar-refractivity contribution in [1.82, 2.24) is 15.4 Å². The van der Waals surface area contributed by atoms with Gasteiger partial charge in [0.1, 0.15) is 0 Å². The van der Waals surface area contributed by atoms with E-state index >= 15 is 0 Å². The monoisotopic (exact) mass is 156 g/mol. The Morgan fingerprint density at radius 3 is 2.91 bits per heavy atom. The van der Waals surface area contributed by atoms with Crippen LogP contribution in [0.15, 0.2) is 0 Å². The van der Waals surface area contributed by atoms with Gasteiger partial charge in [0.05, 0.1) is 5.10 Å². The van der Waals surface area contributed by atoms with Gasteiger partial charge < -0.3 is 10.1 Å². The minimum absolute atomic E-state index is 0.160. The maximum atomic E-state index is 10.2. The number of nitrogens with one attached hydrogen (secondary N) is 1. The smallest absolute Gasteiger partial charge is 0.358 e. The van der Waals surface area contributed by atoms with E-state index < -0.39 is 4.92 Å². The molecule has 0 bridgehead atoms. The SMILES string of the molecule is CCCc1n[nH]nc1[N+](=O)[O-]. The molecule has 60 valence electrons. The number of nitro groups is 1. The third-order valence-corrected chi connectivity index (χ3v) is 1.26. The average Bonchev–Trinajstić information content (AvgIpc) is 2.36. The third kappa shape index (κ3) is 1.51. The molecule has 0 saturated carbocycles. The highest BCUT2D eigenvalue weighted by Gasteiger charge is 2.17. The number of nitrogens with zero attached hydrogens (tertiary/aromatic N) is 3. The molecule has 6 heteroatoms. The largest absolute Gasteiger partial charge is 0.413 e. The van der Waals surface area contributed by atoms with Crippen LogP contribution < -0.4 is 0 Å². The number of hydrogen-bond acceptors (Lipinski definition) is 4. The summed E-state index contributed by atoms with van der Waals surface area (Å²) in [6.07, 6.45) is 1.42. The fraction of sp³-hybridized carbons (Fsp3) is 0.600. The topological polar surface area (TPSA) is 84.7 Å². The zero-order chi connectivity index (χ0) is 8.27. The van der Waals surface area contributed by atoms with Crippen LogP contribution >= 0.6 is 0 Å². The molecule has 0 aliphatic carbocycles. The van der Waals surface area contributed by atoms with Crippen molar-refractivity contribution in [2.75, 3.05) is 0 Å². The summed E-state index contributed by atoms with van der Waals surface area (Å²) in [6, 6.07) is 0. The van der Waals surface area contributed by atoms with Crippen molar-refractivity contribution < 1.29 is 4.92 Å². The van der Waals surface area contributed by atoms with Gasteiger partial charge in [-0.25, -0.2) is 0 Å². The first kappa shape index (κ1) is 7.64. The Labute approximate surface area is 62.8 Å². The molecule has 0 radical (unpaired) electrons. The predicted octanol–water partition coefficient (Wildman–Crippen LogP) is 0.665. The fourth-order valence-electron chi connectivity index (χ4n) is 0.798. The molecule has 1 N–H and O–H groups in total. The summed E-state index contributed by atoms with van der Waals surface area (Å²) in [6.45, 7) is 1.93. The second-order valence-corrected chi connectivity index (χ2v) is 2.10. The molecule has 0 saturated heterocycles. The van der Waals surface area contributed by atoms with Gasteiger partial charge in [-0.1, -0.05) is 13.3 Å². The number of H-pyrrole nitrogens is 1. The molecule has 1 aromatic rings. The van der Waals surface area contributed by atoms with E-state index in [0.717, 1.165) is 6.42 Å². The third-order valence-electron chi connectivity index (χ3n) is 1.26. The Morgan fingerprint density at radius 2 is 2.36 bits per heavy atom. The zero-order valence-corrected chi connectivity index (χ0v) is 6.07. The van der Waals surface area contributed by atoms with E-state index in [-0.39, 0.29) is 5.82 Å². The maximum Gasteiger partial charge on any atom is 0.413 e. The van der Waals surface area contributed by atoms with Crippen LogP contribution in [0.25, 0.3) is 0 Å². The summed E-state index contributed by atoms with van der Waals surface area (Å²) in [5.74, 6) is -0.160. The number of rotatable bonds is 3. The van der Waals surface area contributed by atoms with Crippen molar-refractivity contribution >= 4 is 5.82 Å². The van der Waals surface area contributed by atoms with Gasteiger partial charge in [-0.3, -0.25) is 0 Å². The van der Waals surface area contributed by atoms with Gasteiger partial charge in [0.2, 0.25) is 0 Å². The minimum Gasteiger partial charge on any atom is -0.358 e. The molecule has 1 heterocycles. The number of aryl methyl sites for hydroxylation is 1. The Kier molecular flexibility index (Phi) is 2.15. The summed E-state index contributed by atoms with van der Waals surface area (Å²) in [4.78, 5) is 9.71. The average molecular weight is 156 g/mol. The number of hydrogen-bond donors (Lipinski definition) is 1. The molecule has 0 aliphatic rings. The molecule has 11 heavy (non-hydrogen) atoms. The van der Waals surface area contributed by atoms with E-state index in [0.29, 0.717) is 12.1 Å². The minimum atomic E-state index is -0.533. The molecule has 0 fully saturated rings. The van der Waals surface area contributed by atoms with Crippen molar-refractivity contribution in [3.8, 4) is 0 Å². The van der Waals surface area contributed by atoms with Crippen LogP contribution in [-0.4, -0.2) is 20.3 Å². The summed E-state index contributed by atoms with van der Waals surface area (Å²) in [5, 5.41) is 19.5. The summed E-state index contributed by atoms with van der Waals surface area (Å²) in [5.41, 5.74) is 0.428. The number of aromatic nitrogens is 3. The van der Waals surface area contributed by atoms with Crippen LogP contribution in [0.1, 0.15) is 19.0 Å². The summed E-state index contributed by atoms with van der Waals surface area (Å²) in [7, 11) is 0. The molecule has 6 nitrogen and oxygen atoms in total. The maximum absolute atomic E-state index is 10.2. The molecular weight excluding hydrogens is 148 g/mol. The van der Waals surface area contributed by atoms with Crippen LogP contribution in [0.2, 0.25) is 0 Å². The first-order chi connectivity index (χ1) is 5.25. The van der Waals surface area contributed by atoms with Gasteiger partial charge >= 0.3 is 5.82 Å². The highest BCUT2D eigenvalue weighted by atomic mass is 16.6. The fourth-order valence-corrected chi connectivity index (χ4v) is 0.798. The Bertz CT molecular complexity index is 257. The molecular formula is C5H8N4O2. The first-order valence-corrected chi connectivity index (χ1v) is 3.29. The second kappa shape index (κ2) is 3.09. The van der Waals surface area contributed by atoms with E-state index in [1.807, 2.05) is 6.92 Å². The Hall–Kier alpha value is -1.46. The van der Waals surface area contributed by atoms with E-state index in [4.69, 9.17) is 0 Å². The van der Waals surface area contributed by atoms with Crippen molar-refractivity contribution in [2.24, 2.45) is 0 Å². The van der Waals surface area contributed by atoms with Gasteiger partial charge in [-0.15, -0.1) is 10.3 Å². The predicted molar refractivity (Wildman–Crippen MR) is 37.0 cm³/mol. The van der Waals surface area contributed by atoms with Crippen molar-refractivity contribution in [3.05, 3.63) is 15.8 Å². The Balaban J connectivity index is 2.87. The van der Waals surface area contributed by atoms with Gasteiger partial charge in [-0.2, -0.15) is 0 Å². The molecule has 0 unspecified atom stereocenters. The lowest BCUT2D eigenvalue weighted by Crippen LogP contribution is -1.93. The lowest BCUT2D eigenvalue weighted by molar-refractivity contribution is -0.390. The van der Waals surface area contributed by atoms with Crippen LogP contribution in [0.4, 0.5) is 5.82 Å².